The number of aryl methyl sites for hydroxylation is 1. The van der Waals surface area contributed by atoms with Crippen molar-refractivity contribution >= 4 is 23.4 Å². The van der Waals surface area contributed by atoms with E-state index in [-0.39, 0.29) is 54.3 Å². The van der Waals surface area contributed by atoms with Crippen molar-refractivity contribution in [3.63, 3.8) is 0 Å². The molecular weight excluding hydrogens is 468 g/mol. The van der Waals surface area contributed by atoms with E-state index in [1.807, 2.05) is 13.8 Å². The molecule has 11 heteroatoms. The number of hydrogen-bond donors (Lipinski definition) is 1. The summed E-state index contributed by atoms with van der Waals surface area (Å²) in [5, 5.41) is 6.46. The van der Waals surface area contributed by atoms with Crippen LogP contribution in [0.4, 0.5) is 5.69 Å². The van der Waals surface area contributed by atoms with Crippen molar-refractivity contribution < 1.29 is 33.1 Å². The molecule has 0 spiro atoms. The van der Waals surface area contributed by atoms with Gasteiger partial charge in [-0.05, 0) is 32.0 Å². The summed E-state index contributed by atoms with van der Waals surface area (Å²) < 4.78 is 21.8. The molecule has 1 aromatic carbocycles. The maximum atomic E-state index is 13.4. The predicted molar refractivity (Wildman–Crippen MR) is 131 cm³/mol. The number of methoxy groups -OCH3 is 2. The third-order valence-corrected chi connectivity index (χ3v) is 6.15. The first-order chi connectivity index (χ1) is 17.1. The Morgan fingerprint density at radius 1 is 1.19 bits per heavy atom. The smallest absolute Gasteiger partial charge is 0.277 e. The van der Waals surface area contributed by atoms with E-state index in [1.54, 1.807) is 49.1 Å². The van der Waals surface area contributed by atoms with Crippen molar-refractivity contribution in [1.29, 1.82) is 0 Å². The van der Waals surface area contributed by atoms with Gasteiger partial charge in [-0.1, -0.05) is 12.1 Å². The first kappa shape index (κ1) is 27.2. The largest absolute Gasteiger partial charge is 0.491 e. The molecule has 196 valence electrons. The van der Waals surface area contributed by atoms with E-state index in [4.69, 9.17) is 18.7 Å². The molecule has 1 N–H and O–H groups in total. The second-order valence-electron chi connectivity index (χ2n) is 9.06. The molecule has 1 aromatic heterocycles. The van der Waals surface area contributed by atoms with E-state index in [0.29, 0.717) is 30.3 Å². The number of carbonyl (C=O) groups excluding carboxylic acids is 3. The number of aromatic nitrogens is 1. The highest BCUT2D eigenvalue weighted by Crippen LogP contribution is 2.27. The summed E-state index contributed by atoms with van der Waals surface area (Å²) >= 11 is 0. The average Bonchev–Trinajstić information content (AvgIpc) is 3.29. The molecule has 0 bridgehead atoms. The van der Waals surface area contributed by atoms with Crippen LogP contribution in [0.25, 0.3) is 0 Å². The number of nitrogens with zero attached hydrogens (tertiary/aromatic N) is 3. The molecule has 0 radical (unpaired) electrons. The minimum Gasteiger partial charge on any atom is -0.491 e. The number of ether oxygens (including phenoxy) is 3. The van der Waals surface area contributed by atoms with Crippen LogP contribution >= 0.6 is 0 Å². The monoisotopic (exact) mass is 502 g/mol. The molecule has 1 aliphatic rings. The Hall–Kier alpha value is -3.44. The Labute approximate surface area is 210 Å². The maximum Gasteiger partial charge on any atom is 0.277 e. The molecule has 3 atom stereocenters. The summed E-state index contributed by atoms with van der Waals surface area (Å²) in [6.07, 6.45) is -0.314. The molecule has 3 amide bonds. The second-order valence-corrected chi connectivity index (χ2v) is 9.06. The van der Waals surface area contributed by atoms with E-state index >= 15 is 0 Å². The molecule has 0 saturated carbocycles. The Bertz CT molecular complexity index is 1090. The van der Waals surface area contributed by atoms with Crippen molar-refractivity contribution in [3.8, 4) is 5.75 Å². The molecule has 0 aliphatic carbocycles. The Morgan fingerprint density at radius 3 is 2.58 bits per heavy atom. The number of rotatable bonds is 5. The summed E-state index contributed by atoms with van der Waals surface area (Å²) in [7, 11) is 4.75. The van der Waals surface area contributed by atoms with Gasteiger partial charge in [0.2, 0.25) is 5.91 Å². The molecule has 0 fully saturated rings. The van der Waals surface area contributed by atoms with Gasteiger partial charge in [0.25, 0.3) is 11.8 Å². The minimum absolute atomic E-state index is 0.0439. The summed E-state index contributed by atoms with van der Waals surface area (Å²) in [6.45, 7) is 6.39. The van der Waals surface area contributed by atoms with Gasteiger partial charge in [-0.15, -0.1) is 0 Å². The average molecular weight is 503 g/mol. The molecule has 2 heterocycles. The van der Waals surface area contributed by atoms with Crippen LogP contribution in [-0.4, -0.2) is 92.4 Å². The van der Waals surface area contributed by atoms with Crippen LogP contribution in [0, 0.1) is 12.8 Å². The van der Waals surface area contributed by atoms with Crippen molar-refractivity contribution in [1.82, 2.24) is 15.0 Å². The summed E-state index contributed by atoms with van der Waals surface area (Å²) in [5.74, 6) is -0.112. The zero-order chi connectivity index (χ0) is 26.4. The standard InChI is InChI=1S/C25H34N4O7/c1-15-11-29(23(30)14-33-5)16(2)13-35-21-8-7-18(26-24(31)20-9-17(3)36-27-20)10-19(21)25(32)28(4)12-22(15)34-6/h7-10,15-16,22H,11-14H2,1-6H3,(H,26,31)/t15-,16-,22-/m0/s1. The van der Waals surface area contributed by atoms with Gasteiger partial charge in [-0.25, -0.2) is 0 Å². The van der Waals surface area contributed by atoms with Gasteiger partial charge in [-0.2, -0.15) is 0 Å². The normalized spacial score (nSPS) is 21.2. The predicted octanol–water partition coefficient (Wildman–Crippen LogP) is 2.21. The number of likely N-dealkylation sites (N-methyl/N-ethyl adjacent to an activating group) is 1. The van der Waals surface area contributed by atoms with E-state index in [2.05, 4.69) is 10.5 Å². The fourth-order valence-electron chi connectivity index (χ4n) is 4.08. The highest BCUT2D eigenvalue weighted by molar-refractivity contribution is 6.04. The number of anilines is 1. The van der Waals surface area contributed by atoms with E-state index < -0.39 is 5.91 Å². The van der Waals surface area contributed by atoms with Crippen LogP contribution < -0.4 is 10.1 Å². The molecular formula is C25H34N4O7. The minimum atomic E-state index is -0.462. The molecule has 0 saturated heterocycles. The van der Waals surface area contributed by atoms with Crippen molar-refractivity contribution in [2.45, 2.75) is 32.9 Å². The third kappa shape index (κ3) is 6.41. The first-order valence-electron chi connectivity index (χ1n) is 11.7. The summed E-state index contributed by atoms with van der Waals surface area (Å²) in [6, 6.07) is 6.06. The fraction of sp³-hybridized carbons (Fsp3) is 0.520. The Kier molecular flexibility index (Phi) is 9.05. The lowest BCUT2D eigenvalue weighted by Crippen LogP contribution is -2.49. The van der Waals surface area contributed by atoms with Gasteiger partial charge in [0.15, 0.2) is 5.69 Å². The van der Waals surface area contributed by atoms with Crippen LogP contribution in [0.1, 0.15) is 40.5 Å². The molecule has 11 nitrogen and oxygen atoms in total. The summed E-state index contributed by atoms with van der Waals surface area (Å²) in [4.78, 5) is 42.0. The van der Waals surface area contributed by atoms with Crippen LogP contribution in [0.15, 0.2) is 28.8 Å². The zero-order valence-corrected chi connectivity index (χ0v) is 21.6. The molecule has 3 rings (SSSR count). The Morgan fingerprint density at radius 2 is 1.94 bits per heavy atom. The second kappa shape index (κ2) is 12.0. The number of fused-ring (bicyclic) bond motifs is 1. The van der Waals surface area contributed by atoms with Gasteiger partial charge in [0.1, 0.15) is 24.7 Å². The third-order valence-electron chi connectivity index (χ3n) is 6.15. The molecule has 2 aromatic rings. The van der Waals surface area contributed by atoms with Crippen LogP contribution in [-0.2, 0) is 14.3 Å². The summed E-state index contributed by atoms with van der Waals surface area (Å²) in [5.41, 5.74) is 0.807. The highest BCUT2D eigenvalue weighted by atomic mass is 16.5. The number of benzene rings is 1. The molecule has 0 unspecified atom stereocenters. The number of nitrogens with one attached hydrogen (secondary N) is 1. The van der Waals surface area contributed by atoms with Gasteiger partial charge >= 0.3 is 0 Å². The lowest BCUT2D eigenvalue weighted by molar-refractivity contribution is -0.139. The molecule has 36 heavy (non-hydrogen) atoms. The van der Waals surface area contributed by atoms with Gasteiger partial charge < -0.3 is 33.9 Å². The van der Waals surface area contributed by atoms with E-state index in [9.17, 15) is 14.4 Å². The lowest BCUT2D eigenvalue weighted by atomic mass is 10.0. The van der Waals surface area contributed by atoms with Gasteiger partial charge in [-0.3, -0.25) is 14.4 Å². The lowest BCUT2D eigenvalue weighted by Gasteiger charge is -2.36. The van der Waals surface area contributed by atoms with E-state index in [0.717, 1.165) is 0 Å². The van der Waals surface area contributed by atoms with Gasteiger partial charge in [0.05, 0.1) is 17.7 Å². The van der Waals surface area contributed by atoms with Crippen molar-refractivity contribution in [2.24, 2.45) is 5.92 Å². The van der Waals surface area contributed by atoms with Crippen LogP contribution in [0.5, 0.6) is 5.75 Å². The highest BCUT2D eigenvalue weighted by Gasteiger charge is 2.30. The van der Waals surface area contributed by atoms with Crippen LogP contribution in [0.2, 0.25) is 0 Å². The SMILES string of the molecule is COCC(=O)N1C[C@H](C)[C@@H](OC)CN(C)C(=O)c2cc(NC(=O)c3cc(C)on3)ccc2OC[C@@H]1C. The van der Waals surface area contributed by atoms with Crippen molar-refractivity contribution in [2.75, 3.05) is 52.9 Å². The molecule has 1 aliphatic heterocycles. The van der Waals surface area contributed by atoms with Gasteiger partial charge in [0, 0.05) is 52.0 Å². The Balaban J connectivity index is 1.93. The number of hydrogen-bond acceptors (Lipinski definition) is 8. The maximum absolute atomic E-state index is 13.4. The van der Waals surface area contributed by atoms with Crippen molar-refractivity contribution in [3.05, 3.63) is 41.3 Å². The van der Waals surface area contributed by atoms with Crippen LogP contribution in [0.3, 0.4) is 0 Å². The van der Waals surface area contributed by atoms with E-state index in [1.165, 1.54) is 13.2 Å². The number of carbonyl (C=O) groups is 3. The number of amides is 3. The zero-order valence-electron chi connectivity index (χ0n) is 21.6. The quantitative estimate of drug-likeness (QED) is 0.660. The fourth-order valence-corrected chi connectivity index (χ4v) is 4.08. The first-order valence-corrected chi connectivity index (χ1v) is 11.7. The topological polar surface area (TPSA) is 123 Å².